The summed E-state index contributed by atoms with van der Waals surface area (Å²) >= 11 is 3.73. The first kappa shape index (κ1) is 79.4. The molecule has 0 spiro atoms. The largest absolute Gasteiger partial charge is 0.436 e. The van der Waals surface area contributed by atoms with Gasteiger partial charge in [-0.1, -0.05) is 322 Å². The summed E-state index contributed by atoms with van der Waals surface area (Å²) < 4.78 is 28.6. The van der Waals surface area contributed by atoms with E-state index in [1.54, 1.807) is 6.20 Å². The molecule has 11 nitrogen and oxygen atoms in total. The van der Waals surface area contributed by atoms with Crippen LogP contribution in [0.4, 0.5) is 0 Å². The predicted molar refractivity (Wildman–Crippen MR) is 578 cm³/mol. The highest BCUT2D eigenvalue weighted by Crippen LogP contribution is 2.47. The summed E-state index contributed by atoms with van der Waals surface area (Å²) in [7, 11) is 0. The number of fused-ring (bicyclic) bond motifs is 26. The van der Waals surface area contributed by atoms with Gasteiger partial charge in [0.1, 0.15) is 33.3 Å². The molecule has 0 aliphatic rings. The third-order valence-corrected chi connectivity index (χ3v) is 29.9. The molecule has 648 valence electrons. The van der Waals surface area contributed by atoms with Crippen molar-refractivity contribution >= 4 is 206 Å². The van der Waals surface area contributed by atoms with Crippen molar-refractivity contribution in [3.05, 3.63) is 449 Å². The fourth-order valence-corrected chi connectivity index (χ4v) is 23.3. The Morgan fingerprint density at radius 1 is 0.201 bits per heavy atom. The van der Waals surface area contributed by atoms with Crippen molar-refractivity contribution in [1.82, 2.24) is 39.0 Å². The minimum absolute atomic E-state index is 0.544. The number of aromatic nitrogens is 8. The zero-order chi connectivity index (χ0) is 91.3. The van der Waals surface area contributed by atoms with Crippen LogP contribution in [0.3, 0.4) is 0 Å². The van der Waals surface area contributed by atoms with Gasteiger partial charge in [-0.25, -0.2) is 29.9 Å². The van der Waals surface area contributed by atoms with Gasteiger partial charge in [0.2, 0.25) is 17.1 Å². The Balaban J connectivity index is 0.000000104. The molecule has 0 N–H and O–H groups in total. The highest BCUT2D eigenvalue weighted by Gasteiger charge is 2.24. The molecule has 30 aromatic rings. The van der Waals surface area contributed by atoms with Gasteiger partial charge >= 0.3 is 0 Å². The smallest absolute Gasteiger partial charge is 0.246 e. The topological polar surface area (TPSA) is 127 Å². The second-order valence-corrected chi connectivity index (χ2v) is 37.6. The molecule has 0 amide bonds. The Morgan fingerprint density at radius 2 is 0.583 bits per heavy atom. The quantitative estimate of drug-likeness (QED) is 0.131. The second-order valence-electron chi connectivity index (χ2n) is 35.5. The van der Waals surface area contributed by atoms with Crippen LogP contribution in [0.15, 0.2) is 463 Å². The summed E-state index contributed by atoms with van der Waals surface area (Å²) in [6, 6.07) is 153. The fraction of sp³-hybridized carbons (Fsp3) is 0. The van der Waals surface area contributed by atoms with Crippen molar-refractivity contribution in [3.8, 4) is 101 Å². The molecular weight excluding hydrogens is 1740 g/mol. The summed E-state index contributed by atoms with van der Waals surface area (Å²) in [5.41, 5.74) is 30.8. The van der Waals surface area contributed by atoms with Crippen molar-refractivity contribution in [2.45, 2.75) is 0 Å². The normalized spacial score (nSPS) is 11.9. The summed E-state index contributed by atoms with van der Waals surface area (Å²) in [6.07, 6.45) is 5.43. The maximum absolute atomic E-state index is 6.18. The van der Waals surface area contributed by atoms with Crippen molar-refractivity contribution in [2.24, 2.45) is 0 Å². The van der Waals surface area contributed by atoms with E-state index in [4.69, 9.17) is 33.2 Å². The van der Waals surface area contributed by atoms with Crippen molar-refractivity contribution in [2.75, 3.05) is 0 Å². The van der Waals surface area contributed by atoms with Crippen LogP contribution in [0.2, 0.25) is 0 Å². The van der Waals surface area contributed by atoms with E-state index in [0.717, 1.165) is 149 Å². The molecule has 0 bridgehead atoms. The van der Waals surface area contributed by atoms with E-state index in [1.165, 1.54) is 117 Å². The van der Waals surface area contributed by atoms with E-state index in [9.17, 15) is 0 Å². The van der Waals surface area contributed by atoms with Crippen molar-refractivity contribution in [3.63, 3.8) is 0 Å². The van der Waals surface area contributed by atoms with Gasteiger partial charge in [-0.15, -0.1) is 22.7 Å². The number of thiophene rings is 2. The number of para-hydroxylation sites is 3. The lowest BCUT2D eigenvalue weighted by molar-refractivity contribution is 0.653. The molecule has 0 atom stereocenters. The van der Waals surface area contributed by atoms with E-state index in [-0.39, 0.29) is 0 Å². The Morgan fingerprint density at radius 3 is 1.18 bits per heavy atom. The van der Waals surface area contributed by atoms with Gasteiger partial charge < -0.3 is 22.4 Å². The summed E-state index contributed by atoms with van der Waals surface area (Å²) in [5.74, 6) is 0. The molecule has 0 fully saturated rings. The Kier molecular flexibility index (Phi) is 18.5. The predicted octanol–water partition coefficient (Wildman–Crippen LogP) is 34.9. The minimum atomic E-state index is 0.544. The van der Waals surface area contributed by atoms with Crippen molar-refractivity contribution in [1.29, 1.82) is 0 Å². The SMILES string of the molecule is c1cc(-c2ccc(-c3cccc4c3sc3ccccc34)cc2)cc(-c2cnc3oc4c5ccccc5ccc4c3n2)c1.c1cc(-c2cccc(-c3cccc4c3sc3ccccc34)c2)cc(-c2cnc3oc4c5ccccc5ccc4c3n2)c1.c1ccc(-n2c3ccccc3c3cc(-c4ccc5c6ccccc6n(-c6cccc(-c7cnc8oc9cc%10ccccc%10cc9c8n7)c6)c5c4)ccc32)cc1. The van der Waals surface area contributed by atoms with Crippen LogP contribution in [-0.2, 0) is 0 Å². The maximum atomic E-state index is 6.18. The lowest BCUT2D eigenvalue weighted by Crippen LogP contribution is -1.95. The molecule has 20 aromatic carbocycles. The molecule has 10 heterocycles. The number of furan rings is 3. The maximum Gasteiger partial charge on any atom is 0.246 e. The molecule has 0 aliphatic carbocycles. The van der Waals surface area contributed by atoms with E-state index in [0.29, 0.717) is 17.1 Å². The van der Waals surface area contributed by atoms with Gasteiger partial charge in [-0.05, 0) is 186 Å². The number of rotatable bonds is 10. The van der Waals surface area contributed by atoms with Gasteiger partial charge in [-0.3, -0.25) is 0 Å². The van der Waals surface area contributed by atoms with Crippen LogP contribution in [0.5, 0.6) is 0 Å². The zero-order valence-electron chi connectivity index (χ0n) is 74.3. The first-order chi connectivity index (χ1) is 68.8. The highest BCUT2D eigenvalue weighted by atomic mass is 32.1. The Labute approximate surface area is 802 Å². The Bertz CT molecular complexity index is 10300. The zero-order valence-corrected chi connectivity index (χ0v) is 76.0. The molecule has 10 aromatic heterocycles. The van der Waals surface area contributed by atoms with Crippen LogP contribution in [0.1, 0.15) is 0 Å². The van der Waals surface area contributed by atoms with Crippen LogP contribution in [0, 0.1) is 0 Å². The van der Waals surface area contributed by atoms with Crippen LogP contribution < -0.4 is 0 Å². The standard InChI is InChI=1S/C50H30N4O.2C38H22N2OS/c1-2-14-36(15-3-1)53-45-20-9-7-18-39(45)41-26-33(22-24-46(41)53)34-21-23-40-38-17-6-8-19-44(38)54(47(40)28-34)37-16-10-13-35(25-37)43-30-51-50-49(52-43)42-27-31-11-4-5-12-32(31)29-48(42)55-50;1-2-13-28-23(8-1)18-19-32-35-38(41-36(28)32)39-22-33(40-35)27-12-6-10-25(21-27)24-9-5-11-26(20-24)29-15-7-16-31-30-14-3-4-17-34(30)42-37(29)31;1-2-10-28-24(7-1)19-20-32-35-38(41-36(28)32)39-22-33(40-35)27-9-5-8-26(21-27)23-15-17-25(18-16-23)29-12-6-13-31-30-11-3-4-14-34(30)42-37(29)31/h1-30H;2*1-22H. The van der Waals surface area contributed by atoms with Crippen LogP contribution in [0.25, 0.3) is 284 Å². The molecular formula is C126H74N8O3S2. The average molecular weight is 1810 g/mol. The summed E-state index contributed by atoms with van der Waals surface area (Å²) in [5, 5.41) is 19.8. The second kappa shape index (κ2) is 32.3. The van der Waals surface area contributed by atoms with Crippen molar-refractivity contribution < 1.29 is 13.3 Å². The van der Waals surface area contributed by atoms with Crippen LogP contribution in [-0.4, -0.2) is 39.0 Å². The molecule has 0 unspecified atom stereocenters. The molecule has 0 aliphatic heterocycles. The monoisotopic (exact) mass is 1810 g/mol. The molecule has 30 rings (SSSR count). The first-order valence-corrected chi connectivity index (χ1v) is 48.2. The average Bonchev–Trinajstić information content (AvgIpc) is 1.59. The molecule has 13 heteroatoms. The lowest BCUT2D eigenvalue weighted by atomic mass is 9.96. The van der Waals surface area contributed by atoms with E-state index in [2.05, 4.69) is 419 Å². The minimum Gasteiger partial charge on any atom is -0.436 e. The van der Waals surface area contributed by atoms with E-state index >= 15 is 0 Å². The molecule has 0 saturated carbocycles. The molecule has 139 heavy (non-hydrogen) atoms. The summed E-state index contributed by atoms with van der Waals surface area (Å²) in [4.78, 5) is 29.3. The van der Waals surface area contributed by atoms with Crippen LogP contribution >= 0.6 is 22.7 Å². The van der Waals surface area contributed by atoms with E-state index < -0.39 is 0 Å². The third kappa shape index (κ3) is 13.4. The highest BCUT2D eigenvalue weighted by molar-refractivity contribution is 7.26. The number of nitrogens with zero attached hydrogens (tertiary/aromatic N) is 8. The van der Waals surface area contributed by atoms with Gasteiger partial charge in [-0.2, -0.15) is 0 Å². The lowest BCUT2D eigenvalue weighted by Gasteiger charge is -2.11. The van der Waals surface area contributed by atoms with E-state index in [1.807, 2.05) is 65.4 Å². The number of hydrogen-bond donors (Lipinski definition) is 0. The summed E-state index contributed by atoms with van der Waals surface area (Å²) in [6.45, 7) is 0. The van der Waals surface area contributed by atoms with Gasteiger partial charge in [0.15, 0.2) is 0 Å². The van der Waals surface area contributed by atoms with Gasteiger partial charge in [0.25, 0.3) is 0 Å². The van der Waals surface area contributed by atoms with Gasteiger partial charge in [0, 0.05) is 117 Å². The first-order valence-electron chi connectivity index (χ1n) is 46.5. The fourth-order valence-electron chi connectivity index (χ4n) is 20.8. The molecule has 0 saturated heterocycles. The van der Waals surface area contributed by atoms with Gasteiger partial charge in [0.05, 0.1) is 57.7 Å². The number of hydrogen-bond acceptors (Lipinski definition) is 11. The number of benzene rings is 20. The Hall–Kier alpha value is -18.1. The third-order valence-electron chi connectivity index (χ3n) is 27.4. The molecule has 0 radical (unpaired) electrons.